The van der Waals surface area contributed by atoms with Crippen LogP contribution in [0.1, 0.15) is 0 Å². The summed E-state index contributed by atoms with van der Waals surface area (Å²) in [5.41, 5.74) is 0.258. The van der Waals surface area contributed by atoms with E-state index in [2.05, 4.69) is 5.32 Å². The second-order valence-corrected chi connectivity index (χ2v) is 4.74. The number of anilines is 1. The zero-order valence-corrected chi connectivity index (χ0v) is 11.9. The molecule has 1 amide bonds. The van der Waals surface area contributed by atoms with E-state index in [0.29, 0.717) is 10.7 Å². The first kappa shape index (κ1) is 15.1. The van der Waals surface area contributed by atoms with E-state index in [4.69, 9.17) is 27.9 Å². The van der Waals surface area contributed by atoms with E-state index in [-0.39, 0.29) is 16.5 Å². The maximum absolute atomic E-state index is 11.7. The van der Waals surface area contributed by atoms with E-state index in [0.717, 1.165) is 6.07 Å². The van der Waals surface area contributed by atoms with Crippen LogP contribution in [0.4, 0.5) is 16.2 Å². The number of benzene rings is 2. The van der Waals surface area contributed by atoms with Gasteiger partial charge in [0.2, 0.25) is 0 Å². The summed E-state index contributed by atoms with van der Waals surface area (Å²) in [4.78, 5) is 21.7. The maximum atomic E-state index is 11.7. The van der Waals surface area contributed by atoms with Crippen molar-refractivity contribution in [3.63, 3.8) is 0 Å². The first-order valence-corrected chi connectivity index (χ1v) is 6.39. The molecule has 1 N–H and O–H groups in total. The van der Waals surface area contributed by atoms with Crippen LogP contribution in [-0.4, -0.2) is 11.0 Å². The second kappa shape index (κ2) is 6.43. The fraction of sp³-hybridized carbons (Fsp3) is 0. The number of carbonyl (C=O) groups excluding carboxylic acids is 1. The molecule has 108 valence electrons. The smallest absolute Gasteiger partial charge is 0.408 e. The third kappa shape index (κ3) is 4.08. The number of halogens is 2. The minimum absolute atomic E-state index is 0.0156. The summed E-state index contributed by atoms with van der Waals surface area (Å²) in [7, 11) is 0. The molecule has 0 radical (unpaired) electrons. The molecule has 0 bridgehead atoms. The number of nitrogens with zero attached hydrogens (tertiary/aromatic N) is 1. The predicted molar refractivity (Wildman–Crippen MR) is 79.2 cm³/mol. The maximum Gasteiger partial charge on any atom is 0.417 e. The van der Waals surface area contributed by atoms with Crippen molar-refractivity contribution in [1.82, 2.24) is 0 Å². The fourth-order valence-corrected chi connectivity index (χ4v) is 1.90. The van der Waals surface area contributed by atoms with E-state index < -0.39 is 11.0 Å². The van der Waals surface area contributed by atoms with Crippen molar-refractivity contribution in [2.75, 3.05) is 5.32 Å². The van der Waals surface area contributed by atoms with Crippen molar-refractivity contribution in [3.05, 3.63) is 62.6 Å². The van der Waals surface area contributed by atoms with Crippen molar-refractivity contribution < 1.29 is 14.5 Å². The molecule has 6 nitrogen and oxygen atoms in total. The summed E-state index contributed by atoms with van der Waals surface area (Å²) in [5.74, 6) is 0.0156. The van der Waals surface area contributed by atoms with E-state index >= 15 is 0 Å². The number of ether oxygens (including phenoxy) is 1. The Morgan fingerprint density at radius 1 is 1.19 bits per heavy atom. The molecule has 2 rings (SSSR count). The van der Waals surface area contributed by atoms with Gasteiger partial charge in [0.25, 0.3) is 5.69 Å². The van der Waals surface area contributed by atoms with Crippen molar-refractivity contribution in [2.24, 2.45) is 0 Å². The van der Waals surface area contributed by atoms with Gasteiger partial charge >= 0.3 is 6.09 Å². The molecule has 8 heteroatoms. The molecular formula is C13H8Cl2N2O4. The van der Waals surface area contributed by atoms with E-state index in [9.17, 15) is 14.9 Å². The first-order chi connectivity index (χ1) is 9.95. The lowest BCUT2D eigenvalue weighted by atomic mass is 10.3. The average molecular weight is 327 g/mol. The zero-order valence-electron chi connectivity index (χ0n) is 10.4. The Morgan fingerprint density at radius 3 is 2.57 bits per heavy atom. The van der Waals surface area contributed by atoms with Gasteiger partial charge in [0, 0.05) is 22.8 Å². The lowest BCUT2D eigenvalue weighted by Crippen LogP contribution is -2.16. The minimum atomic E-state index is -0.784. The van der Waals surface area contributed by atoms with Gasteiger partial charge < -0.3 is 4.74 Å². The van der Waals surface area contributed by atoms with E-state index in [1.54, 1.807) is 24.3 Å². The van der Waals surface area contributed by atoms with Crippen molar-refractivity contribution in [1.29, 1.82) is 0 Å². The molecule has 0 atom stereocenters. The Labute approximate surface area is 129 Å². The standard InChI is InChI=1S/C13H8Cl2N2O4/c14-8-2-1-3-9(6-8)16-13(18)21-12-5-4-10(17(19)20)7-11(12)15/h1-7H,(H,16,18). The number of non-ortho nitro benzene ring substituents is 1. The molecule has 2 aromatic carbocycles. The number of nitro benzene ring substituents is 1. The normalized spacial score (nSPS) is 10.0. The number of nitro groups is 1. The van der Waals surface area contributed by atoms with Gasteiger partial charge in [-0.1, -0.05) is 29.3 Å². The van der Waals surface area contributed by atoms with Gasteiger partial charge in [-0.25, -0.2) is 4.79 Å². The topological polar surface area (TPSA) is 81.5 Å². The number of hydrogen-bond donors (Lipinski definition) is 1. The molecule has 0 saturated heterocycles. The summed E-state index contributed by atoms with van der Waals surface area (Å²) in [5, 5.41) is 13.5. The molecule has 2 aromatic rings. The third-order valence-corrected chi connectivity index (χ3v) is 2.93. The number of hydrogen-bond acceptors (Lipinski definition) is 4. The number of rotatable bonds is 3. The first-order valence-electron chi connectivity index (χ1n) is 5.64. The van der Waals surface area contributed by atoms with Gasteiger partial charge in [-0.2, -0.15) is 0 Å². The van der Waals surface area contributed by atoms with Gasteiger partial charge in [-0.15, -0.1) is 0 Å². The molecule has 0 aromatic heterocycles. The number of amides is 1. The van der Waals surface area contributed by atoms with Crippen LogP contribution >= 0.6 is 23.2 Å². The van der Waals surface area contributed by atoms with Crippen LogP contribution in [0.3, 0.4) is 0 Å². The molecule has 0 unspecified atom stereocenters. The number of nitrogens with one attached hydrogen (secondary N) is 1. The van der Waals surface area contributed by atoms with Gasteiger partial charge in [-0.05, 0) is 24.3 Å². The molecule has 0 aliphatic carbocycles. The highest BCUT2D eigenvalue weighted by Crippen LogP contribution is 2.29. The Balaban J connectivity index is 2.08. The fourth-order valence-electron chi connectivity index (χ4n) is 1.50. The minimum Gasteiger partial charge on any atom is -0.408 e. The molecule has 0 spiro atoms. The van der Waals surface area contributed by atoms with Crippen molar-refractivity contribution in [3.8, 4) is 5.75 Å². The predicted octanol–water partition coefficient (Wildman–Crippen LogP) is 4.51. The van der Waals surface area contributed by atoms with Crippen LogP contribution in [0.5, 0.6) is 5.75 Å². The molecule has 0 aliphatic heterocycles. The molecular weight excluding hydrogens is 319 g/mol. The third-order valence-electron chi connectivity index (χ3n) is 2.40. The van der Waals surface area contributed by atoms with Crippen LogP contribution in [0, 0.1) is 10.1 Å². The average Bonchev–Trinajstić information content (AvgIpc) is 2.40. The van der Waals surface area contributed by atoms with E-state index in [1.807, 2.05) is 0 Å². The van der Waals surface area contributed by atoms with Gasteiger partial charge in [0.1, 0.15) is 0 Å². The lowest BCUT2D eigenvalue weighted by Gasteiger charge is -2.08. The molecule has 0 aliphatic rings. The van der Waals surface area contributed by atoms with Gasteiger partial charge in [0.05, 0.1) is 9.95 Å². The number of carbonyl (C=O) groups is 1. The summed E-state index contributed by atoms with van der Waals surface area (Å²) >= 11 is 11.6. The zero-order chi connectivity index (χ0) is 15.4. The Bertz CT molecular complexity index is 706. The van der Waals surface area contributed by atoms with Crippen LogP contribution in [0.15, 0.2) is 42.5 Å². The summed E-state index contributed by atoms with van der Waals surface area (Å²) in [6.07, 6.45) is -0.784. The highest BCUT2D eigenvalue weighted by atomic mass is 35.5. The van der Waals surface area contributed by atoms with Gasteiger partial charge in [0.15, 0.2) is 5.75 Å². The summed E-state index contributed by atoms with van der Waals surface area (Å²) in [6.45, 7) is 0. The summed E-state index contributed by atoms with van der Waals surface area (Å²) in [6, 6.07) is 10.0. The van der Waals surface area contributed by atoms with Crippen molar-refractivity contribution >= 4 is 40.7 Å². The molecule has 0 heterocycles. The van der Waals surface area contributed by atoms with Crippen LogP contribution < -0.4 is 10.1 Å². The van der Waals surface area contributed by atoms with Gasteiger partial charge in [-0.3, -0.25) is 15.4 Å². The molecule has 21 heavy (non-hydrogen) atoms. The quantitative estimate of drug-likeness (QED) is 0.664. The largest absolute Gasteiger partial charge is 0.417 e. The second-order valence-electron chi connectivity index (χ2n) is 3.90. The van der Waals surface area contributed by atoms with Crippen molar-refractivity contribution in [2.45, 2.75) is 0 Å². The van der Waals surface area contributed by atoms with E-state index in [1.165, 1.54) is 12.1 Å². The van der Waals surface area contributed by atoms with Crippen LogP contribution in [0.2, 0.25) is 10.0 Å². The lowest BCUT2D eigenvalue weighted by molar-refractivity contribution is -0.384. The molecule has 0 saturated carbocycles. The molecule has 0 fully saturated rings. The summed E-state index contributed by atoms with van der Waals surface area (Å²) < 4.78 is 4.98. The monoisotopic (exact) mass is 326 g/mol. The van der Waals surface area contributed by atoms with Crippen LogP contribution in [-0.2, 0) is 0 Å². The highest BCUT2D eigenvalue weighted by molar-refractivity contribution is 6.32. The Hall–Kier alpha value is -2.31. The Kier molecular flexibility index (Phi) is 4.62. The highest BCUT2D eigenvalue weighted by Gasteiger charge is 2.13. The van der Waals surface area contributed by atoms with Crippen LogP contribution in [0.25, 0.3) is 0 Å². The Morgan fingerprint density at radius 2 is 1.95 bits per heavy atom. The SMILES string of the molecule is O=C(Nc1cccc(Cl)c1)Oc1ccc([N+](=O)[O-])cc1Cl.